The number of carboxylic acid groups (broad SMARTS) is 1. The van der Waals surface area contributed by atoms with E-state index in [2.05, 4.69) is 19.2 Å². The van der Waals surface area contributed by atoms with Crippen molar-refractivity contribution in [3.8, 4) is 0 Å². The summed E-state index contributed by atoms with van der Waals surface area (Å²) >= 11 is 0. The van der Waals surface area contributed by atoms with Crippen LogP contribution in [0.5, 0.6) is 0 Å². The average molecular weight is 287 g/mol. The Labute approximate surface area is 122 Å². The van der Waals surface area contributed by atoms with E-state index in [1.54, 1.807) is 4.90 Å². The van der Waals surface area contributed by atoms with Crippen molar-refractivity contribution in [2.24, 2.45) is 11.8 Å². The zero-order valence-electron chi connectivity index (χ0n) is 13.3. The molecule has 0 aliphatic rings. The Kier molecular flexibility index (Phi) is 8.96. The van der Waals surface area contributed by atoms with Gasteiger partial charge in [0.05, 0.1) is 0 Å². The van der Waals surface area contributed by atoms with Crippen LogP contribution in [0, 0.1) is 11.8 Å². The maximum Gasteiger partial charge on any atom is 0.317 e. The molecule has 0 heterocycles. The summed E-state index contributed by atoms with van der Waals surface area (Å²) in [6.07, 6.45) is 0.0716. The van der Waals surface area contributed by atoms with Gasteiger partial charge in [-0.3, -0.25) is 4.79 Å². The molecular formula is C14H29N3O3. The van der Waals surface area contributed by atoms with Gasteiger partial charge in [-0.1, -0.05) is 20.8 Å². The molecule has 2 N–H and O–H groups in total. The van der Waals surface area contributed by atoms with E-state index in [0.29, 0.717) is 25.6 Å². The van der Waals surface area contributed by atoms with E-state index in [9.17, 15) is 9.59 Å². The van der Waals surface area contributed by atoms with Crippen molar-refractivity contribution in [1.82, 2.24) is 15.1 Å². The summed E-state index contributed by atoms with van der Waals surface area (Å²) < 4.78 is 0. The van der Waals surface area contributed by atoms with Crippen molar-refractivity contribution in [1.29, 1.82) is 0 Å². The van der Waals surface area contributed by atoms with Crippen LogP contribution in [-0.2, 0) is 4.79 Å². The van der Waals surface area contributed by atoms with Gasteiger partial charge in [-0.2, -0.15) is 0 Å². The highest BCUT2D eigenvalue weighted by molar-refractivity contribution is 5.74. The van der Waals surface area contributed by atoms with Gasteiger partial charge in [-0.05, 0) is 25.9 Å². The van der Waals surface area contributed by atoms with Gasteiger partial charge in [0.15, 0.2) is 0 Å². The fourth-order valence-electron chi connectivity index (χ4n) is 1.78. The Morgan fingerprint density at radius 3 is 2.20 bits per heavy atom. The third kappa shape index (κ3) is 9.61. The van der Waals surface area contributed by atoms with Crippen molar-refractivity contribution in [2.75, 3.05) is 40.3 Å². The topological polar surface area (TPSA) is 72.9 Å². The van der Waals surface area contributed by atoms with Gasteiger partial charge in [0.25, 0.3) is 0 Å². The van der Waals surface area contributed by atoms with E-state index in [0.717, 1.165) is 6.54 Å². The third-order valence-corrected chi connectivity index (χ3v) is 2.81. The SMILES string of the molecule is CC(C)CN(CCN(C)C)C(=O)NCC(C)CC(=O)O. The molecule has 0 spiro atoms. The lowest BCUT2D eigenvalue weighted by Crippen LogP contribution is -2.45. The number of hydrogen-bond donors (Lipinski definition) is 2. The molecule has 0 aliphatic heterocycles. The summed E-state index contributed by atoms with van der Waals surface area (Å²) in [5.41, 5.74) is 0. The highest BCUT2D eigenvalue weighted by Gasteiger charge is 2.16. The van der Waals surface area contributed by atoms with Gasteiger partial charge in [0, 0.05) is 32.6 Å². The Morgan fingerprint density at radius 2 is 1.75 bits per heavy atom. The zero-order valence-corrected chi connectivity index (χ0v) is 13.3. The van der Waals surface area contributed by atoms with E-state index in [-0.39, 0.29) is 18.4 Å². The van der Waals surface area contributed by atoms with Gasteiger partial charge < -0.3 is 20.2 Å². The first kappa shape index (κ1) is 18.7. The van der Waals surface area contributed by atoms with Crippen LogP contribution in [-0.4, -0.2) is 67.2 Å². The lowest BCUT2D eigenvalue weighted by Gasteiger charge is -2.26. The predicted octanol–water partition coefficient (Wildman–Crippen LogP) is 1.33. The van der Waals surface area contributed by atoms with Crippen LogP contribution in [0.3, 0.4) is 0 Å². The summed E-state index contributed by atoms with van der Waals surface area (Å²) in [6.45, 7) is 8.54. The predicted molar refractivity (Wildman–Crippen MR) is 79.8 cm³/mol. The average Bonchev–Trinajstić information content (AvgIpc) is 2.29. The number of hydrogen-bond acceptors (Lipinski definition) is 3. The maximum absolute atomic E-state index is 12.1. The number of rotatable bonds is 9. The molecule has 0 aromatic heterocycles. The molecule has 0 aliphatic carbocycles. The number of nitrogens with one attached hydrogen (secondary N) is 1. The lowest BCUT2D eigenvalue weighted by atomic mass is 10.1. The molecule has 6 heteroatoms. The first-order valence-corrected chi connectivity index (χ1v) is 7.11. The standard InChI is InChI=1S/C14H29N3O3/c1-11(2)10-17(7-6-16(4)5)14(20)15-9-12(3)8-13(18)19/h11-12H,6-10H2,1-5H3,(H,15,20)(H,18,19). The molecule has 0 bridgehead atoms. The van der Waals surface area contributed by atoms with E-state index in [1.807, 2.05) is 25.9 Å². The molecule has 118 valence electrons. The smallest absolute Gasteiger partial charge is 0.317 e. The fourth-order valence-corrected chi connectivity index (χ4v) is 1.78. The molecule has 20 heavy (non-hydrogen) atoms. The minimum absolute atomic E-state index is 0.0637. The van der Waals surface area contributed by atoms with E-state index in [1.165, 1.54) is 0 Å². The Morgan fingerprint density at radius 1 is 1.15 bits per heavy atom. The third-order valence-electron chi connectivity index (χ3n) is 2.81. The van der Waals surface area contributed by atoms with Crippen LogP contribution in [0.1, 0.15) is 27.2 Å². The van der Waals surface area contributed by atoms with Gasteiger partial charge in [-0.15, -0.1) is 0 Å². The normalized spacial score (nSPS) is 12.6. The van der Waals surface area contributed by atoms with Crippen LogP contribution in [0.2, 0.25) is 0 Å². The minimum atomic E-state index is -0.835. The second kappa shape index (κ2) is 9.58. The van der Waals surface area contributed by atoms with Crippen molar-refractivity contribution in [3.05, 3.63) is 0 Å². The van der Waals surface area contributed by atoms with Crippen LogP contribution in [0.25, 0.3) is 0 Å². The molecule has 0 fully saturated rings. The highest BCUT2D eigenvalue weighted by atomic mass is 16.4. The fraction of sp³-hybridized carbons (Fsp3) is 0.857. The zero-order chi connectivity index (χ0) is 15.7. The van der Waals surface area contributed by atoms with Gasteiger partial charge in [-0.25, -0.2) is 4.79 Å². The molecule has 0 saturated carbocycles. The molecule has 6 nitrogen and oxygen atoms in total. The van der Waals surface area contributed by atoms with Crippen molar-refractivity contribution < 1.29 is 14.7 Å². The summed E-state index contributed by atoms with van der Waals surface area (Å²) in [5.74, 6) is -0.496. The second-order valence-corrected chi connectivity index (χ2v) is 6.03. The number of nitrogens with zero attached hydrogens (tertiary/aromatic N) is 2. The molecule has 0 saturated heterocycles. The van der Waals surface area contributed by atoms with Crippen LogP contribution >= 0.6 is 0 Å². The van der Waals surface area contributed by atoms with Gasteiger partial charge in [0.2, 0.25) is 0 Å². The molecule has 0 radical (unpaired) electrons. The summed E-state index contributed by atoms with van der Waals surface area (Å²) in [6, 6.07) is -0.113. The number of carbonyl (C=O) groups excluding carboxylic acids is 1. The number of amides is 2. The van der Waals surface area contributed by atoms with Crippen LogP contribution in [0.4, 0.5) is 4.79 Å². The molecule has 2 amide bonds. The molecule has 0 aromatic carbocycles. The monoisotopic (exact) mass is 287 g/mol. The molecule has 1 unspecified atom stereocenters. The first-order valence-electron chi connectivity index (χ1n) is 7.11. The quantitative estimate of drug-likeness (QED) is 0.671. The molecule has 0 aromatic rings. The highest BCUT2D eigenvalue weighted by Crippen LogP contribution is 2.02. The lowest BCUT2D eigenvalue weighted by molar-refractivity contribution is -0.137. The summed E-state index contributed by atoms with van der Waals surface area (Å²) in [5, 5.41) is 11.5. The van der Waals surface area contributed by atoms with Crippen LogP contribution in [0.15, 0.2) is 0 Å². The maximum atomic E-state index is 12.1. The molecule has 0 rings (SSSR count). The van der Waals surface area contributed by atoms with E-state index < -0.39 is 5.97 Å². The van der Waals surface area contributed by atoms with E-state index >= 15 is 0 Å². The van der Waals surface area contributed by atoms with E-state index in [4.69, 9.17) is 5.11 Å². The van der Waals surface area contributed by atoms with Crippen molar-refractivity contribution in [3.63, 3.8) is 0 Å². The first-order chi connectivity index (χ1) is 9.22. The Hall–Kier alpha value is -1.30. The minimum Gasteiger partial charge on any atom is -0.481 e. The second-order valence-electron chi connectivity index (χ2n) is 6.03. The van der Waals surface area contributed by atoms with Gasteiger partial charge in [0.1, 0.15) is 0 Å². The van der Waals surface area contributed by atoms with Crippen LogP contribution < -0.4 is 5.32 Å². The Bertz CT molecular complexity index is 306. The molecule has 1 atom stereocenters. The molecular weight excluding hydrogens is 258 g/mol. The number of likely N-dealkylation sites (N-methyl/N-ethyl adjacent to an activating group) is 1. The number of carboxylic acids is 1. The number of urea groups is 1. The largest absolute Gasteiger partial charge is 0.481 e. The number of aliphatic carboxylic acids is 1. The van der Waals surface area contributed by atoms with Gasteiger partial charge >= 0.3 is 12.0 Å². The Balaban J connectivity index is 4.28. The summed E-state index contributed by atoms with van der Waals surface area (Å²) in [4.78, 5) is 26.5. The summed E-state index contributed by atoms with van der Waals surface area (Å²) in [7, 11) is 3.95. The number of carbonyl (C=O) groups is 2. The van der Waals surface area contributed by atoms with Crippen molar-refractivity contribution in [2.45, 2.75) is 27.2 Å². The van der Waals surface area contributed by atoms with Crippen molar-refractivity contribution >= 4 is 12.0 Å².